The molecule has 0 amide bonds. The lowest BCUT2D eigenvalue weighted by Crippen LogP contribution is -2.27. The Morgan fingerprint density at radius 2 is 1.61 bits per heavy atom. The number of rotatable bonds is 9. The van der Waals surface area contributed by atoms with Crippen LogP contribution in [0.5, 0.6) is 0 Å². The molecule has 3 unspecified atom stereocenters. The molecule has 0 saturated heterocycles. The highest BCUT2D eigenvalue weighted by molar-refractivity contribution is 5.87. The van der Waals surface area contributed by atoms with E-state index in [2.05, 4.69) is 25.9 Å². The van der Waals surface area contributed by atoms with Gasteiger partial charge in [0, 0.05) is 19.1 Å². The molecule has 0 aliphatic heterocycles. The molecule has 3 fully saturated rings. The van der Waals surface area contributed by atoms with E-state index in [0.29, 0.717) is 36.3 Å². The van der Waals surface area contributed by atoms with Gasteiger partial charge in [0.05, 0.1) is 5.56 Å². The van der Waals surface area contributed by atoms with E-state index in [0.717, 1.165) is 23.9 Å². The Hall–Kier alpha value is -2.90. The van der Waals surface area contributed by atoms with Crippen molar-refractivity contribution in [3.63, 3.8) is 0 Å². The van der Waals surface area contributed by atoms with Gasteiger partial charge in [-0.25, -0.2) is 4.79 Å². The molecule has 3 atom stereocenters. The Balaban J connectivity index is 1.27. The van der Waals surface area contributed by atoms with Crippen LogP contribution in [-0.4, -0.2) is 38.6 Å². The van der Waals surface area contributed by atoms with Crippen LogP contribution >= 0.6 is 0 Å². The number of carboxylic acids is 1. The summed E-state index contributed by atoms with van der Waals surface area (Å²) >= 11 is 0. The molecule has 1 aromatic carbocycles. The zero-order valence-corrected chi connectivity index (χ0v) is 19.1. The second kappa shape index (κ2) is 9.93. The molecule has 176 valence electrons. The number of hydrogen-bond acceptors (Lipinski definition) is 7. The average molecular weight is 451 g/mol. The average Bonchev–Trinajstić information content (AvgIpc) is 3.46. The number of nitrogens with zero attached hydrogens (tertiary/aromatic N) is 3. The van der Waals surface area contributed by atoms with Gasteiger partial charge in [0.25, 0.3) is 0 Å². The smallest absolute Gasteiger partial charge is 0.335 e. The lowest BCUT2D eigenvalue weighted by atomic mass is 9.89. The predicted octanol–water partition coefficient (Wildman–Crippen LogP) is 4.77. The van der Waals surface area contributed by atoms with Gasteiger partial charge in [0.1, 0.15) is 0 Å². The minimum Gasteiger partial charge on any atom is -0.478 e. The van der Waals surface area contributed by atoms with E-state index >= 15 is 0 Å². The molecular weight excluding hydrogens is 416 g/mol. The zero-order valence-electron chi connectivity index (χ0n) is 19.1. The van der Waals surface area contributed by atoms with E-state index in [-0.39, 0.29) is 5.56 Å². The summed E-state index contributed by atoms with van der Waals surface area (Å²) in [6.45, 7) is 1.41. The largest absolute Gasteiger partial charge is 0.478 e. The SMILES string of the molecule is O=C(O)c1ccc(CNc2nc(NCC3CCCCC3)nc(NC3CC4CCC3C4)n2)cc1. The number of carboxylic acid groups (broad SMARTS) is 1. The molecule has 2 bridgehead atoms. The van der Waals surface area contributed by atoms with Crippen molar-refractivity contribution in [1.82, 2.24) is 15.0 Å². The third kappa shape index (κ3) is 5.54. The molecule has 0 spiro atoms. The highest BCUT2D eigenvalue weighted by Crippen LogP contribution is 2.45. The van der Waals surface area contributed by atoms with Crippen molar-refractivity contribution >= 4 is 23.8 Å². The van der Waals surface area contributed by atoms with E-state index in [1.54, 1.807) is 12.1 Å². The van der Waals surface area contributed by atoms with Crippen molar-refractivity contribution in [2.75, 3.05) is 22.5 Å². The highest BCUT2D eigenvalue weighted by Gasteiger charge is 2.39. The summed E-state index contributed by atoms with van der Waals surface area (Å²) in [4.78, 5) is 25.1. The van der Waals surface area contributed by atoms with Crippen LogP contribution in [0.4, 0.5) is 17.8 Å². The Labute approximate surface area is 195 Å². The zero-order chi connectivity index (χ0) is 22.6. The summed E-state index contributed by atoms with van der Waals surface area (Å²) in [6, 6.07) is 7.31. The summed E-state index contributed by atoms with van der Waals surface area (Å²) < 4.78 is 0. The standard InChI is InChI=1S/C25H34N6O2/c32-22(33)19-9-6-17(7-10-19)15-27-24-29-23(26-14-16-4-2-1-3-5-16)30-25(31-24)28-21-13-18-8-11-20(21)12-18/h6-7,9-10,16,18,20-21H,1-5,8,11-15H2,(H,32,33)(H3,26,27,28,29,30,31). The number of anilines is 3. The highest BCUT2D eigenvalue weighted by atomic mass is 16.4. The van der Waals surface area contributed by atoms with Gasteiger partial charge < -0.3 is 21.1 Å². The van der Waals surface area contributed by atoms with Gasteiger partial charge in [-0.15, -0.1) is 0 Å². The lowest BCUT2D eigenvalue weighted by Gasteiger charge is -2.24. The van der Waals surface area contributed by atoms with Crippen molar-refractivity contribution in [3.8, 4) is 0 Å². The third-order valence-corrected chi connectivity index (χ3v) is 7.61. The Morgan fingerprint density at radius 3 is 2.27 bits per heavy atom. The Morgan fingerprint density at radius 1 is 0.879 bits per heavy atom. The maximum absolute atomic E-state index is 11.1. The van der Waals surface area contributed by atoms with E-state index < -0.39 is 5.97 Å². The van der Waals surface area contributed by atoms with Crippen LogP contribution in [0.2, 0.25) is 0 Å². The normalized spacial score (nSPS) is 24.5. The van der Waals surface area contributed by atoms with Gasteiger partial charge >= 0.3 is 5.97 Å². The number of nitrogens with one attached hydrogen (secondary N) is 3. The van der Waals surface area contributed by atoms with Crippen LogP contribution in [0.25, 0.3) is 0 Å². The van der Waals surface area contributed by atoms with Gasteiger partial charge in [0.2, 0.25) is 17.8 Å². The topological polar surface area (TPSA) is 112 Å². The minimum atomic E-state index is -0.919. The van der Waals surface area contributed by atoms with Crippen molar-refractivity contribution in [3.05, 3.63) is 35.4 Å². The van der Waals surface area contributed by atoms with Gasteiger partial charge in [-0.3, -0.25) is 0 Å². The molecule has 3 aliphatic carbocycles. The summed E-state index contributed by atoms with van der Waals surface area (Å²) in [7, 11) is 0. The molecule has 8 nitrogen and oxygen atoms in total. The van der Waals surface area contributed by atoms with Crippen molar-refractivity contribution in [2.24, 2.45) is 17.8 Å². The fourth-order valence-electron chi connectivity index (χ4n) is 5.76. The molecule has 8 heteroatoms. The monoisotopic (exact) mass is 450 g/mol. The first-order chi connectivity index (χ1) is 16.1. The van der Waals surface area contributed by atoms with Gasteiger partial charge in [-0.2, -0.15) is 15.0 Å². The van der Waals surface area contributed by atoms with E-state index in [9.17, 15) is 4.79 Å². The molecular formula is C25H34N6O2. The van der Waals surface area contributed by atoms with E-state index in [1.807, 2.05) is 12.1 Å². The summed E-state index contributed by atoms with van der Waals surface area (Å²) in [5.74, 6) is 3.13. The van der Waals surface area contributed by atoms with Crippen LogP contribution in [-0.2, 0) is 6.54 Å². The number of aromatic nitrogens is 3. The van der Waals surface area contributed by atoms with E-state index in [4.69, 9.17) is 10.1 Å². The van der Waals surface area contributed by atoms with Crippen molar-refractivity contribution < 1.29 is 9.90 Å². The first-order valence-electron chi connectivity index (χ1n) is 12.4. The number of benzene rings is 1. The minimum absolute atomic E-state index is 0.283. The fraction of sp³-hybridized carbons (Fsp3) is 0.600. The molecule has 1 aromatic heterocycles. The maximum Gasteiger partial charge on any atom is 0.335 e. The molecule has 0 radical (unpaired) electrons. The van der Waals surface area contributed by atoms with Gasteiger partial charge in [0.15, 0.2) is 0 Å². The molecule has 1 heterocycles. The molecule has 5 rings (SSSR count). The summed E-state index contributed by atoms with van der Waals surface area (Å²) in [5, 5.41) is 19.5. The quantitative estimate of drug-likeness (QED) is 0.432. The molecule has 4 N–H and O–H groups in total. The number of carbonyl (C=O) groups is 1. The van der Waals surface area contributed by atoms with Crippen LogP contribution < -0.4 is 16.0 Å². The summed E-state index contributed by atoms with van der Waals surface area (Å²) in [6.07, 6.45) is 11.7. The lowest BCUT2D eigenvalue weighted by molar-refractivity contribution is 0.0697. The van der Waals surface area contributed by atoms with Crippen LogP contribution in [0, 0.1) is 17.8 Å². The van der Waals surface area contributed by atoms with Crippen LogP contribution in [0.3, 0.4) is 0 Å². The Kier molecular flexibility index (Phi) is 6.60. The first-order valence-corrected chi connectivity index (χ1v) is 12.4. The van der Waals surface area contributed by atoms with Crippen LogP contribution in [0.15, 0.2) is 24.3 Å². The third-order valence-electron chi connectivity index (χ3n) is 7.61. The fourth-order valence-corrected chi connectivity index (χ4v) is 5.76. The molecule has 33 heavy (non-hydrogen) atoms. The second-order valence-corrected chi connectivity index (χ2v) is 9.97. The Bertz CT molecular complexity index is 960. The molecule has 3 saturated carbocycles. The van der Waals surface area contributed by atoms with E-state index in [1.165, 1.54) is 57.8 Å². The molecule has 2 aromatic rings. The first kappa shape index (κ1) is 21.9. The second-order valence-electron chi connectivity index (χ2n) is 9.97. The van der Waals surface area contributed by atoms with Crippen LogP contribution in [0.1, 0.15) is 73.7 Å². The van der Waals surface area contributed by atoms with Gasteiger partial charge in [-0.05, 0) is 67.6 Å². The maximum atomic E-state index is 11.1. The number of hydrogen-bond donors (Lipinski definition) is 4. The van der Waals surface area contributed by atoms with Crippen molar-refractivity contribution in [2.45, 2.75) is 70.4 Å². The predicted molar refractivity (Wildman–Crippen MR) is 128 cm³/mol. The number of fused-ring (bicyclic) bond motifs is 2. The molecule has 3 aliphatic rings. The summed E-state index contributed by atoms with van der Waals surface area (Å²) in [5.41, 5.74) is 1.25. The van der Waals surface area contributed by atoms with Crippen molar-refractivity contribution in [1.29, 1.82) is 0 Å². The van der Waals surface area contributed by atoms with Gasteiger partial charge in [-0.1, -0.05) is 37.8 Å². The number of aromatic carboxylic acids is 1.